The van der Waals surface area contributed by atoms with E-state index >= 15 is 0 Å². The quantitative estimate of drug-likeness (QED) is 0.184. The average molecular weight is 740 g/mol. The van der Waals surface area contributed by atoms with Gasteiger partial charge in [0.25, 0.3) is 0 Å². The molecule has 7 heteroatoms. The number of benzene rings is 4. The van der Waals surface area contributed by atoms with Gasteiger partial charge in [0.1, 0.15) is 5.75 Å². The summed E-state index contributed by atoms with van der Waals surface area (Å²) >= 11 is 0. The topological polar surface area (TPSA) is 84.7 Å². The monoisotopic (exact) mass is 739 g/mol. The number of phenolic OH excluding ortho intramolecular Hbond substituents is 1. The van der Waals surface area contributed by atoms with Gasteiger partial charge >= 0.3 is 0 Å². The number of hydrogen-bond donors (Lipinski definition) is 1. The van der Waals surface area contributed by atoms with E-state index in [1.807, 2.05) is 48.5 Å². The number of aryl methyl sites for hydroxylation is 3. The van der Waals surface area contributed by atoms with Crippen LogP contribution in [0.3, 0.4) is 0 Å². The van der Waals surface area contributed by atoms with Crippen LogP contribution in [-0.2, 0) is 21.1 Å². The fraction of sp³-hybridized carbons (Fsp3) is 0.0833. The van der Waals surface area contributed by atoms with Gasteiger partial charge in [0, 0.05) is 56.5 Å². The first-order valence-corrected chi connectivity index (χ1v) is 13.7. The largest absolute Gasteiger partial charge is 0.507 e. The van der Waals surface area contributed by atoms with Crippen molar-refractivity contribution in [3.63, 3.8) is 0 Å². The van der Waals surface area contributed by atoms with Crippen LogP contribution in [0.5, 0.6) is 5.75 Å². The molecule has 7 aromatic rings. The molecule has 0 fully saturated rings. The molecule has 6 nitrogen and oxygen atoms in total. The van der Waals surface area contributed by atoms with Crippen LogP contribution >= 0.6 is 0 Å². The molecule has 0 amide bonds. The number of nitrogens with zero attached hydrogens (tertiary/aromatic N) is 5. The Kier molecular flexibility index (Phi) is 7.55. The number of phenols is 1. The van der Waals surface area contributed by atoms with Gasteiger partial charge < -0.3 is 5.11 Å². The van der Waals surface area contributed by atoms with Crippen molar-refractivity contribution in [2.45, 2.75) is 20.8 Å². The molecule has 0 saturated carbocycles. The van der Waals surface area contributed by atoms with E-state index in [0.29, 0.717) is 22.3 Å². The minimum atomic E-state index is 0. The molecule has 0 bridgehead atoms. The molecule has 0 atom stereocenters. The van der Waals surface area contributed by atoms with Crippen LogP contribution in [0.25, 0.3) is 66.8 Å². The molecule has 212 valence electrons. The molecule has 0 radical (unpaired) electrons. The van der Waals surface area contributed by atoms with Gasteiger partial charge in [-0.3, -0.25) is 15.0 Å². The van der Waals surface area contributed by atoms with E-state index in [-0.39, 0.29) is 26.8 Å². The fourth-order valence-electron chi connectivity index (χ4n) is 5.68. The van der Waals surface area contributed by atoms with Crippen molar-refractivity contribution in [1.82, 2.24) is 25.1 Å². The molecule has 3 aromatic heterocycles. The number of aromatic hydroxyl groups is 1. The van der Waals surface area contributed by atoms with Crippen molar-refractivity contribution in [3.05, 3.63) is 120 Å². The molecule has 4 aromatic carbocycles. The predicted octanol–water partition coefficient (Wildman–Crippen LogP) is 8.06. The predicted molar refractivity (Wildman–Crippen MR) is 167 cm³/mol. The first-order chi connectivity index (χ1) is 20.4. The van der Waals surface area contributed by atoms with Gasteiger partial charge in [-0.1, -0.05) is 70.8 Å². The Labute approximate surface area is 263 Å². The molecule has 7 rings (SSSR count). The molecule has 0 aliphatic carbocycles. The molecular weight excluding hydrogens is 714 g/mol. The number of fused-ring (bicyclic) bond motifs is 2. The number of rotatable bonds is 4. The van der Waals surface area contributed by atoms with Crippen molar-refractivity contribution in [2.24, 2.45) is 0 Å². The Morgan fingerprint density at radius 1 is 0.628 bits per heavy atom. The summed E-state index contributed by atoms with van der Waals surface area (Å²) in [7, 11) is 0. The van der Waals surface area contributed by atoms with Crippen LogP contribution in [0.4, 0.5) is 0 Å². The molecule has 0 spiro atoms. The van der Waals surface area contributed by atoms with Crippen LogP contribution in [-0.4, -0.2) is 30.3 Å². The van der Waals surface area contributed by atoms with Crippen molar-refractivity contribution in [2.75, 3.05) is 0 Å². The maximum Gasteiger partial charge on any atom is 0.127 e. The van der Waals surface area contributed by atoms with E-state index in [1.165, 1.54) is 22.3 Å². The molecule has 0 unspecified atom stereocenters. The Morgan fingerprint density at radius 2 is 1.30 bits per heavy atom. The smallest absolute Gasteiger partial charge is 0.127 e. The second-order valence-corrected chi connectivity index (χ2v) is 10.6. The Morgan fingerprint density at radius 3 is 2.07 bits per heavy atom. The van der Waals surface area contributed by atoms with Gasteiger partial charge in [-0.05, 0) is 61.0 Å². The van der Waals surface area contributed by atoms with E-state index in [0.717, 1.165) is 39.0 Å². The van der Waals surface area contributed by atoms with Crippen molar-refractivity contribution in [3.8, 4) is 50.6 Å². The van der Waals surface area contributed by atoms with Crippen molar-refractivity contribution in [1.29, 1.82) is 0 Å². The molecule has 0 aliphatic rings. The second-order valence-electron chi connectivity index (χ2n) is 10.6. The molecule has 0 saturated heterocycles. The van der Waals surface area contributed by atoms with Gasteiger partial charge in [-0.25, -0.2) is 0 Å². The normalized spacial score (nSPS) is 11.0. The third-order valence-corrected chi connectivity index (χ3v) is 7.49. The number of pyridine rings is 1. The Bertz CT molecular complexity index is 2140. The summed E-state index contributed by atoms with van der Waals surface area (Å²) in [5, 5.41) is 20.9. The summed E-state index contributed by atoms with van der Waals surface area (Å²) in [5.74, 6) is 0.100. The Balaban J connectivity index is 0.00000329. The maximum absolute atomic E-state index is 10.8. The van der Waals surface area contributed by atoms with Crippen LogP contribution in [0.1, 0.15) is 16.7 Å². The summed E-state index contributed by atoms with van der Waals surface area (Å²) in [5.41, 5.74) is 12.3. The molecular formula is C36H26N5OPt-. The van der Waals surface area contributed by atoms with Gasteiger partial charge in [0.15, 0.2) is 0 Å². The summed E-state index contributed by atoms with van der Waals surface area (Å²) in [6.07, 6.45) is 3.25. The molecule has 1 N–H and O–H groups in total. The second kappa shape index (κ2) is 11.5. The van der Waals surface area contributed by atoms with Crippen LogP contribution in [0, 0.1) is 26.8 Å². The van der Waals surface area contributed by atoms with Gasteiger partial charge in [0.2, 0.25) is 0 Å². The zero-order valence-corrected chi connectivity index (χ0v) is 26.0. The summed E-state index contributed by atoms with van der Waals surface area (Å²) in [4.78, 5) is 13.7. The van der Waals surface area contributed by atoms with Gasteiger partial charge in [-0.2, -0.15) is 10.2 Å². The number of hydrogen-bond acceptors (Lipinski definition) is 6. The first-order valence-electron chi connectivity index (χ1n) is 13.7. The first kappa shape index (κ1) is 28.3. The third-order valence-electron chi connectivity index (χ3n) is 7.49. The van der Waals surface area contributed by atoms with Gasteiger partial charge in [0.05, 0.1) is 22.2 Å². The van der Waals surface area contributed by atoms with Crippen LogP contribution in [0.2, 0.25) is 0 Å². The summed E-state index contributed by atoms with van der Waals surface area (Å²) in [6.45, 7) is 6.41. The Hall–Kier alpha value is -4.80. The minimum absolute atomic E-state index is 0. The van der Waals surface area contributed by atoms with Crippen molar-refractivity contribution >= 4 is 21.9 Å². The summed E-state index contributed by atoms with van der Waals surface area (Å²) in [6, 6.07) is 31.5. The molecule has 0 aliphatic heterocycles. The van der Waals surface area contributed by atoms with Crippen LogP contribution in [0.15, 0.2) is 97.3 Å². The zero-order chi connectivity index (χ0) is 28.8. The van der Waals surface area contributed by atoms with E-state index in [9.17, 15) is 5.11 Å². The SMILES string of the molecule is Cc1cc(C)c(-c2cc(-c3cc4ccccc4nn3)[c-]c(-c3cccc(-c4cc5nccnc5cc4O)n3)c2)c(C)c1.[Pt]. The minimum Gasteiger partial charge on any atom is -0.507 e. The van der Waals surface area contributed by atoms with E-state index in [2.05, 4.69) is 77.3 Å². The summed E-state index contributed by atoms with van der Waals surface area (Å²) < 4.78 is 0. The van der Waals surface area contributed by atoms with Crippen molar-refractivity contribution < 1.29 is 26.2 Å². The zero-order valence-electron chi connectivity index (χ0n) is 23.7. The standard InChI is InChI=1S/C36H26N5O.Pt/c1-21-13-22(2)36(23(3)14-21)27-16-25(15-26(17-27)32-18-24-7-4-5-8-30(24)40-41-32)29-9-6-10-31(39-29)28-19-33-34(20-35(28)42)38-12-11-37-33;/h4-14,16-20,42H,1-3H3;/q-1;. The van der Waals surface area contributed by atoms with Crippen LogP contribution < -0.4 is 0 Å². The maximum atomic E-state index is 10.8. The van der Waals surface area contributed by atoms with E-state index in [4.69, 9.17) is 4.98 Å². The fourth-order valence-corrected chi connectivity index (χ4v) is 5.68. The van der Waals surface area contributed by atoms with E-state index in [1.54, 1.807) is 18.5 Å². The molecule has 3 heterocycles. The van der Waals surface area contributed by atoms with E-state index < -0.39 is 0 Å². The average Bonchev–Trinajstić information content (AvgIpc) is 3.00. The molecule has 43 heavy (non-hydrogen) atoms. The number of aromatic nitrogens is 5. The van der Waals surface area contributed by atoms with Gasteiger partial charge in [-0.15, -0.1) is 18.2 Å². The third kappa shape index (κ3) is 5.42.